The monoisotopic (exact) mass is 226 g/mol. The summed E-state index contributed by atoms with van der Waals surface area (Å²) in [7, 11) is 1.64. The molecule has 0 radical (unpaired) electrons. The number of ether oxygens (including phenoxy) is 1. The van der Waals surface area contributed by atoms with Crippen LogP contribution >= 0.6 is 0 Å². The summed E-state index contributed by atoms with van der Waals surface area (Å²) < 4.78 is 10.3. The number of hydrogen-bond donors (Lipinski definition) is 3. The van der Waals surface area contributed by atoms with Crippen molar-refractivity contribution in [2.45, 2.75) is 13.5 Å². The fraction of sp³-hybridized carbons (Fsp3) is 0.500. The first kappa shape index (κ1) is 12.5. The van der Waals surface area contributed by atoms with Gasteiger partial charge in [-0.05, 0) is 19.1 Å². The predicted molar refractivity (Wildman–Crippen MR) is 61.8 cm³/mol. The number of rotatable bonds is 5. The largest absolute Gasteiger partial charge is 0.464 e. The average Bonchev–Trinajstić information content (AvgIpc) is 2.69. The fourth-order valence-electron chi connectivity index (χ4n) is 1.15. The third kappa shape index (κ3) is 4.33. The van der Waals surface area contributed by atoms with E-state index in [4.69, 9.17) is 15.0 Å². The second-order valence-electron chi connectivity index (χ2n) is 3.24. The van der Waals surface area contributed by atoms with Crippen molar-refractivity contribution in [3.05, 3.63) is 23.7 Å². The third-order valence-electron chi connectivity index (χ3n) is 1.92. The van der Waals surface area contributed by atoms with Gasteiger partial charge in [0.2, 0.25) is 5.96 Å². The van der Waals surface area contributed by atoms with Crippen LogP contribution in [0.4, 0.5) is 0 Å². The fourth-order valence-corrected chi connectivity index (χ4v) is 1.15. The molecule has 1 aromatic heterocycles. The molecule has 0 fully saturated rings. The number of aryl methyl sites for hydroxylation is 1. The number of furan rings is 1. The zero-order valence-electron chi connectivity index (χ0n) is 9.62. The SMILES string of the molecule is COCCNC(=NCc1ccc(C)o1)NN. The minimum Gasteiger partial charge on any atom is -0.464 e. The lowest BCUT2D eigenvalue weighted by Gasteiger charge is -2.07. The van der Waals surface area contributed by atoms with E-state index in [9.17, 15) is 0 Å². The topological polar surface area (TPSA) is 84.8 Å². The highest BCUT2D eigenvalue weighted by molar-refractivity contribution is 5.79. The van der Waals surface area contributed by atoms with Crippen molar-refractivity contribution in [2.75, 3.05) is 20.3 Å². The normalized spacial score (nSPS) is 11.6. The molecule has 0 saturated carbocycles. The zero-order valence-corrected chi connectivity index (χ0v) is 9.62. The maximum Gasteiger partial charge on any atom is 0.206 e. The van der Waals surface area contributed by atoms with Crippen molar-refractivity contribution >= 4 is 5.96 Å². The molecule has 6 heteroatoms. The molecule has 0 spiro atoms. The van der Waals surface area contributed by atoms with E-state index in [1.807, 2.05) is 19.1 Å². The van der Waals surface area contributed by atoms with Gasteiger partial charge in [0.1, 0.15) is 18.1 Å². The highest BCUT2D eigenvalue weighted by atomic mass is 16.5. The van der Waals surface area contributed by atoms with E-state index < -0.39 is 0 Å². The minimum absolute atomic E-state index is 0.452. The first-order valence-corrected chi connectivity index (χ1v) is 5.05. The van der Waals surface area contributed by atoms with Crippen LogP contribution in [0.25, 0.3) is 0 Å². The molecule has 1 rings (SSSR count). The summed E-state index contributed by atoms with van der Waals surface area (Å²) in [6, 6.07) is 3.79. The summed E-state index contributed by atoms with van der Waals surface area (Å²) in [5.74, 6) is 7.51. The van der Waals surface area contributed by atoms with Crippen molar-refractivity contribution < 1.29 is 9.15 Å². The Hall–Kier alpha value is -1.53. The Kier molecular flexibility index (Phi) is 5.38. The van der Waals surface area contributed by atoms with E-state index in [1.54, 1.807) is 7.11 Å². The van der Waals surface area contributed by atoms with Gasteiger partial charge in [-0.15, -0.1) is 0 Å². The van der Waals surface area contributed by atoms with Gasteiger partial charge < -0.3 is 14.5 Å². The third-order valence-corrected chi connectivity index (χ3v) is 1.92. The standard InChI is InChI=1S/C10H18N4O2/c1-8-3-4-9(16-8)7-13-10(14-11)12-5-6-15-2/h3-4H,5-7,11H2,1-2H3,(H2,12,13,14). The molecule has 1 heterocycles. The second kappa shape index (κ2) is 6.86. The number of aliphatic imine (C=N–C) groups is 1. The summed E-state index contributed by atoms with van der Waals surface area (Å²) in [6.07, 6.45) is 0. The lowest BCUT2D eigenvalue weighted by atomic mass is 10.4. The maximum absolute atomic E-state index is 5.38. The number of methoxy groups -OCH3 is 1. The molecule has 1 aromatic rings. The second-order valence-corrected chi connectivity index (χ2v) is 3.24. The lowest BCUT2D eigenvalue weighted by Crippen LogP contribution is -2.42. The summed E-state index contributed by atoms with van der Waals surface area (Å²) >= 11 is 0. The van der Waals surface area contributed by atoms with Gasteiger partial charge in [-0.3, -0.25) is 5.43 Å². The first-order valence-electron chi connectivity index (χ1n) is 5.05. The number of nitrogens with zero attached hydrogens (tertiary/aromatic N) is 1. The molecule has 0 unspecified atom stereocenters. The number of hydrogen-bond acceptors (Lipinski definition) is 4. The number of hydrazine groups is 1. The molecule has 0 aliphatic carbocycles. The van der Waals surface area contributed by atoms with Gasteiger partial charge in [-0.1, -0.05) is 0 Å². The van der Waals surface area contributed by atoms with Gasteiger partial charge in [0.05, 0.1) is 6.61 Å². The number of guanidine groups is 1. The Morgan fingerprint density at radius 1 is 1.56 bits per heavy atom. The van der Waals surface area contributed by atoms with Crippen LogP contribution in [0.5, 0.6) is 0 Å². The molecule has 6 nitrogen and oxygen atoms in total. The summed E-state index contributed by atoms with van der Waals surface area (Å²) in [6.45, 7) is 3.59. The Morgan fingerprint density at radius 3 is 2.94 bits per heavy atom. The van der Waals surface area contributed by atoms with Gasteiger partial charge in [0.25, 0.3) is 0 Å². The van der Waals surface area contributed by atoms with E-state index in [1.165, 1.54) is 0 Å². The van der Waals surface area contributed by atoms with Gasteiger partial charge in [-0.2, -0.15) is 0 Å². The van der Waals surface area contributed by atoms with Crippen LogP contribution in [-0.2, 0) is 11.3 Å². The molecule has 0 amide bonds. The minimum atomic E-state index is 0.452. The molecule has 0 bridgehead atoms. The van der Waals surface area contributed by atoms with Crippen LogP contribution in [0, 0.1) is 6.92 Å². The number of nitrogens with two attached hydrogens (primary N) is 1. The Morgan fingerprint density at radius 2 is 2.38 bits per heavy atom. The number of nitrogens with one attached hydrogen (secondary N) is 2. The summed E-state index contributed by atoms with van der Waals surface area (Å²) in [5.41, 5.74) is 2.48. The van der Waals surface area contributed by atoms with E-state index in [0.717, 1.165) is 11.5 Å². The zero-order chi connectivity index (χ0) is 11.8. The molecule has 0 aliphatic heterocycles. The quantitative estimate of drug-likeness (QED) is 0.219. The van der Waals surface area contributed by atoms with Gasteiger partial charge in [0, 0.05) is 13.7 Å². The van der Waals surface area contributed by atoms with Crippen molar-refractivity contribution in [1.82, 2.24) is 10.7 Å². The molecule has 0 saturated heterocycles. The van der Waals surface area contributed by atoms with Gasteiger partial charge in [-0.25, -0.2) is 10.8 Å². The van der Waals surface area contributed by atoms with Crippen LogP contribution in [0.3, 0.4) is 0 Å². The molecule has 16 heavy (non-hydrogen) atoms. The van der Waals surface area contributed by atoms with Crippen molar-refractivity contribution in [3.63, 3.8) is 0 Å². The molecular formula is C10H18N4O2. The van der Waals surface area contributed by atoms with Crippen LogP contribution in [0.15, 0.2) is 21.5 Å². The molecule has 0 aliphatic rings. The Labute approximate surface area is 94.8 Å². The maximum atomic E-state index is 5.38. The van der Waals surface area contributed by atoms with E-state index in [0.29, 0.717) is 25.7 Å². The van der Waals surface area contributed by atoms with Crippen LogP contribution < -0.4 is 16.6 Å². The molecule has 90 valence electrons. The predicted octanol–water partition coefficient (Wildman–Crippen LogP) is 0.143. The van der Waals surface area contributed by atoms with Crippen LogP contribution in [0.1, 0.15) is 11.5 Å². The van der Waals surface area contributed by atoms with E-state index in [-0.39, 0.29) is 0 Å². The van der Waals surface area contributed by atoms with Crippen LogP contribution in [-0.4, -0.2) is 26.2 Å². The Balaban J connectivity index is 2.40. The van der Waals surface area contributed by atoms with Gasteiger partial charge >= 0.3 is 0 Å². The highest BCUT2D eigenvalue weighted by Crippen LogP contribution is 2.06. The van der Waals surface area contributed by atoms with Crippen molar-refractivity contribution in [2.24, 2.45) is 10.8 Å². The highest BCUT2D eigenvalue weighted by Gasteiger charge is 1.98. The van der Waals surface area contributed by atoms with Crippen molar-refractivity contribution in [3.8, 4) is 0 Å². The van der Waals surface area contributed by atoms with Crippen molar-refractivity contribution in [1.29, 1.82) is 0 Å². The average molecular weight is 226 g/mol. The van der Waals surface area contributed by atoms with E-state index >= 15 is 0 Å². The smallest absolute Gasteiger partial charge is 0.206 e. The lowest BCUT2D eigenvalue weighted by molar-refractivity contribution is 0.203. The first-order chi connectivity index (χ1) is 7.76. The Bertz CT molecular complexity index is 335. The summed E-state index contributed by atoms with van der Waals surface area (Å²) in [4.78, 5) is 4.22. The van der Waals surface area contributed by atoms with Crippen LogP contribution in [0.2, 0.25) is 0 Å². The molecule has 0 aromatic carbocycles. The van der Waals surface area contributed by atoms with E-state index in [2.05, 4.69) is 15.7 Å². The summed E-state index contributed by atoms with van der Waals surface area (Å²) in [5, 5.41) is 2.99. The molecule has 4 N–H and O–H groups in total. The molecular weight excluding hydrogens is 208 g/mol. The van der Waals surface area contributed by atoms with Gasteiger partial charge in [0.15, 0.2) is 0 Å². The molecule has 0 atom stereocenters.